The van der Waals surface area contributed by atoms with Gasteiger partial charge in [0.25, 0.3) is 5.91 Å². The topological polar surface area (TPSA) is 145 Å². The molecule has 10 nitrogen and oxygen atoms in total. The molecule has 2 atom stereocenters. The van der Waals surface area contributed by atoms with Gasteiger partial charge in [-0.3, -0.25) is 4.79 Å². The van der Waals surface area contributed by atoms with Crippen molar-refractivity contribution >= 4 is 35.5 Å². The SMILES string of the molecule is COC(=O)c1ccccc1NC(=O)[C@H](OC(=O)c1cccc(C)c1)[C@@H](OC(=O)c1cccc(C)c1)C(=O)O. The zero-order chi connectivity index (χ0) is 27.8. The Balaban J connectivity index is 1.97. The summed E-state index contributed by atoms with van der Waals surface area (Å²) in [6.07, 6.45) is -4.35. The summed E-state index contributed by atoms with van der Waals surface area (Å²) in [5, 5.41) is 12.3. The lowest BCUT2D eigenvalue weighted by Crippen LogP contribution is -2.48. The molecule has 0 saturated carbocycles. The summed E-state index contributed by atoms with van der Waals surface area (Å²) in [4.78, 5) is 63.3. The van der Waals surface area contributed by atoms with Gasteiger partial charge in [-0.15, -0.1) is 0 Å². The molecule has 0 spiro atoms. The van der Waals surface area contributed by atoms with Gasteiger partial charge in [-0.25, -0.2) is 19.2 Å². The molecule has 196 valence electrons. The Labute approximate surface area is 218 Å². The third kappa shape index (κ3) is 6.82. The van der Waals surface area contributed by atoms with Crippen LogP contribution in [0.25, 0.3) is 0 Å². The van der Waals surface area contributed by atoms with Crippen molar-refractivity contribution in [3.8, 4) is 0 Å². The van der Waals surface area contributed by atoms with Crippen LogP contribution in [0.2, 0.25) is 0 Å². The number of amides is 1. The molecular weight excluding hydrogens is 494 g/mol. The van der Waals surface area contributed by atoms with Gasteiger partial charge in [-0.1, -0.05) is 47.5 Å². The van der Waals surface area contributed by atoms with E-state index >= 15 is 0 Å². The molecule has 3 rings (SSSR count). The van der Waals surface area contributed by atoms with Crippen molar-refractivity contribution in [2.24, 2.45) is 0 Å². The Bertz CT molecular complexity index is 1380. The Hall–Kier alpha value is -4.99. The molecule has 38 heavy (non-hydrogen) atoms. The van der Waals surface area contributed by atoms with Gasteiger partial charge in [0.15, 0.2) is 0 Å². The van der Waals surface area contributed by atoms with Gasteiger partial charge >= 0.3 is 23.9 Å². The average Bonchev–Trinajstić information content (AvgIpc) is 2.90. The molecule has 0 fully saturated rings. The largest absolute Gasteiger partial charge is 0.478 e. The number of aliphatic carboxylic acids is 1. The van der Waals surface area contributed by atoms with E-state index in [4.69, 9.17) is 14.2 Å². The molecule has 0 bridgehead atoms. The predicted molar refractivity (Wildman–Crippen MR) is 135 cm³/mol. The summed E-state index contributed by atoms with van der Waals surface area (Å²) in [6, 6.07) is 18.2. The number of rotatable bonds is 9. The van der Waals surface area contributed by atoms with Gasteiger partial charge in [0.05, 0.1) is 29.5 Å². The van der Waals surface area contributed by atoms with Crippen LogP contribution in [0.3, 0.4) is 0 Å². The highest BCUT2D eigenvalue weighted by molar-refractivity contribution is 6.05. The number of carboxylic acid groups (broad SMARTS) is 1. The Morgan fingerprint density at radius 2 is 1.24 bits per heavy atom. The normalized spacial score (nSPS) is 12.0. The van der Waals surface area contributed by atoms with Crippen LogP contribution in [0.5, 0.6) is 0 Å². The molecule has 10 heteroatoms. The van der Waals surface area contributed by atoms with Crippen LogP contribution in [0.4, 0.5) is 5.69 Å². The van der Waals surface area contributed by atoms with Gasteiger partial charge in [-0.2, -0.15) is 0 Å². The second kappa shape index (κ2) is 12.3. The van der Waals surface area contributed by atoms with Crippen LogP contribution in [0, 0.1) is 13.8 Å². The predicted octanol–water partition coefficient (Wildman–Crippen LogP) is 3.56. The number of aryl methyl sites for hydroxylation is 2. The highest BCUT2D eigenvalue weighted by Crippen LogP contribution is 2.20. The molecule has 0 aliphatic heterocycles. The number of carbonyl (C=O) groups excluding carboxylic acids is 4. The molecule has 0 radical (unpaired) electrons. The lowest BCUT2D eigenvalue weighted by atomic mass is 10.1. The van der Waals surface area contributed by atoms with Gasteiger partial charge in [-0.05, 0) is 50.2 Å². The van der Waals surface area contributed by atoms with E-state index in [0.717, 1.165) is 7.11 Å². The number of carboxylic acids is 1. The minimum atomic E-state index is -2.22. The summed E-state index contributed by atoms with van der Waals surface area (Å²) in [5.74, 6) is -5.71. The smallest absolute Gasteiger partial charge is 0.349 e. The monoisotopic (exact) mass is 519 g/mol. The lowest BCUT2D eigenvalue weighted by molar-refractivity contribution is -0.157. The fourth-order valence-corrected chi connectivity index (χ4v) is 3.49. The van der Waals surface area contributed by atoms with E-state index in [9.17, 15) is 29.1 Å². The van der Waals surface area contributed by atoms with E-state index in [1.165, 1.54) is 48.5 Å². The summed E-state index contributed by atoms with van der Waals surface area (Å²) in [7, 11) is 1.15. The van der Waals surface area contributed by atoms with Crippen LogP contribution >= 0.6 is 0 Å². The number of ether oxygens (including phenoxy) is 3. The molecule has 0 heterocycles. The van der Waals surface area contributed by atoms with Crippen molar-refractivity contribution in [2.45, 2.75) is 26.1 Å². The highest BCUT2D eigenvalue weighted by atomic mass is 16.6. The first-order valence-corrected chi connectivity index (χ1v) is 11.4. The first-order valence-electron chi connectivity index (χ1n) is 11.4. The van der Waals surface area contributed by atoms with Gasteiger partial charge < -0.3 is 24.6 Å². The van der Waals surface area contributed by atoms with Crippen molar-refractivity contribution < 1.29 is 43.3 Å². The second-order valence-corrected chi connectivity index (χ2v) is 8.26. The maximum atomic E-state index is 13.3. The van der Waals surface area contributed by atoms with E-state index in [-0.39, 0.29) is 22.4 Å². The molecule has 0 saturated heterocycles. The van der Waals surface area contributed by atoms with E-state index in [0.29, 0.717) is 11.1 Å². The van der Waals surface area contributed by atoms with Gasteiger partial charge in [0, 0.05) is 0 Å². The van der Waals surface area contributed by atoms with Crippen LogP contribution < -0.4 is 5.32 Å². The number of esters is 3. The van der Waals surface area contributed by atoms with Crippen LogP contribution in [0.1, 0.15) is 42.2 Å². The maximum absolute atomic E-state index is 13.3. The number of methoxy groups -OCH3 is 1. The van der Waals surface area contributed by atoms with E-state index in [1.54, 1.807) is 38.1 Å². The van der Waals surface area contributed by atoms with Crippen molar-refractivity contribution in [3.05, 3.63) is 101 Å². The Morgan fingerprint density at radius 3 is 1.74 bits per heavy atom. The summed E-state index contributed by atoms with van der Waals surface area (Å²) < 4.78 is 15.2. The standard InChI is InChI=1S/C28H25NO9/c1-16-8-6-10-18(14-16)26(33)37-22(24(30)29-21-13-5-4-12-20(21)28(35)36-3)23(25(31)32)38-27(34)19-11-7-9-17(2)15-19/h4-15,22-23H,1-3H3,(H,29,30)(H,31,32)/t22-,23-/m1/s1. The van der Waals surface area contributed by atoms with Crippen molar-refractivity contribution in [1.82, 2.24) is 0 Å². The minimum Gasteiger partial charge on any atom is -0.478 e. The van der Waals surface area contributed by atoms with Crippen LogP contribution in [0.15, 0.2) is 72.8 Å². The number of para-hydroxylation sites is 1. The quantitative estimate of drug-likeness (QED) is 0.320. The third-order valence-electron chi connectivity index (χ3n) is 5.34. The number of hydrogen-bond acceptors (Lipinski definition) is 8. The van der Waals surface area contributed by atoms with Gasteiger partial charge in [0.2, 0.25) is 12.2 Å². The molecule has 0 aliphatic rings. The number of benzene rings is 3. The van der Waals surface area contributed by atoms with Crippen molar-refractivity contribution in [2.75, 3.05) is 12.4 Å². The zero-order valence-corrected chi connectivity index (χ0v) is 20.8. The average molecular weight is 520 g/mol. The maximum Gasteiger partial charge on any atom is 0.349 e. The van der Waals surface area contributed by atoms with Gasteiger partial charge in [0.1, 0.15) is 0 Å². The summed E-state index contributed by atoms with van der Waals surface area (Å²) in [5.41, 5.74) is 1.45. The highest BCUT2D eigenvalue weighted by Gasteiger charge is 2.41. The first-order chi connectivity index (χ1) is 18.1. The van der Waals surface area contributed by atoms with Crippen LogP contribution in [-0.2, 0) is 23.8 Å². The first kappa shape index (κ1) is 27.6. The van der Waals surface area contributed by atoms with E-state index in [1.807, 2.05) is 0 Å². The Morgan fingerprint density at radius 1 is 0.711 bits per heavy atom. The summed E-state index contributed by atoms with van der Waals surface area (Å²) in [6.45, 7) is 3.46. The molecule has 2 N–H and O–H groups in total. The lowest BCUT2D eigenvalue weighted by Gasteiger charge is -2.24. The molecule has 3 aromatic rings. The number of hydrogen-bond donors (Lipinski definition) is 2. The second-order valence-electron chi connectivity index (χ2n) is 8.26. The fraction of sp³-hybridized carbons (Fsp3) is 0.179. The molecule has 3 aromatic carbocycles. The Kier molecular flexibility index (Phi) is 8.94. The molecular formula is C28H25NO9. The van der Waals surface area contributed by atoms with E-state index < -0.39 is 42.0 Å². The van der Waals surface area contributed by atoms with Crippen molar-refractivity contribution in [3.63, 3.8) is 0 Å². The van der Waals surface area contributed by atoms with E-state index in [2.05, 4.69) is 5.32 Å². The van der Waals surface area contributed by atoms with Crippen molar-refractivity contribution in [1.29, 1.82) is 0 Å². The van der Waals surface area contributed by atoms with Crippen LogP contribution in [-0.4, -0.2) is 54.2 Å². The molecule has 0 aliphatic carbocycles. The molecule has 0 aromatic heterocycles. The third-order valence-corrected chi connectivity index (χ3v) is 5.34. The zero-order valence-electron chi connectivity index (χ0n) is 20.8. The molecule has 0 unspecified atom stereocenters. The summed E-state index contributed by atoms with van der Waals surface area (Å²) >= 11 is 0. The minimum absolute atomic E-state index is 0.0317. The number of nitrogens with one attached hydrogen (secondary N) is 1. The molecule has 1 amide bonds. The fourth-order valence-electron chi connectivity index (χ4n) is 3.49. The number of carbonyl (C=O) groups is 5. The number of anilines is 1.